The Balaban J connectivity index is 1.35. The number of hydrogen-bond donors (Lipinski definition) is 0. The predicted octanol–water partition coefficient (Wildman–Crippen LogP) is 3.82. The molecule has 1 atom stereocenters. The van der Waals surface area contributed by atoms with E-state index in [1.807, 2.05) is 18.5 Å². The molecule has 1 unspecified atom stereocenters. The van der Waals surface area contributed by atoms with E-state index in [1.54, 1.807) is 0 Å². The normalized spacial score (nSPS) is 21.2. The Labute approximate surface area is 151 Å². The van der Waals surface area contributed by atoms with Crippen molar-refractivity contribution in [3.8, 4) is 0 Å². The number of aromatic nitrogens is 1. The summed E-state index contributed by atoms with van der Waals surface area (Å²) in [5, 5.41) is 0. The lowest BCUT2D eigenvalue weighted by Gasteiger charge is -2.22. The largest absolute Gasteiger partial charge is 0.301 e. The summed E-state index contributed by atoms with van der Waals surface area (Å²) < 4.78 is 0. The third-order valence-electron chi connectivity index (χ3n) is 5.37. The fourth-order valence-corrected chi connectivity index (χ4v) is 3.69. The summed E-state index contributed by atoms with van der Waals surface area (Å²) in [4.78, 5) is 23.6. The van der Waals surface area contributed by atoms with Gasteiger partial charge in [0.1, 0.15) is 5.78 Å². The van der Waals surface area contributed by atoms with Crippen molar-refractivity contribution in [3.63, 3.8) is 0 Å². The highest BCUT2D eigenvalue weighted by Crippen LogP contribution is 2.23. The molecule has 2 aliphatic rings. The highest BCUT2D eigenvalue weighted by atomic mass is 16.1. The van der Waals surface area contributed by atoms with Gasteiger partial charge in [0.05, 0.1) is 6.04 Å². The van der Waals surface area contributed by atoms with Gasteiger partial charge in [0, 0.05) is 37.0 Å². The molecule has 0 radical (unpaired) electrons. The third-order valence-corrected chi connectivity index (χ3v) is 5.37. The predicted molar refractivity (Wildman–Crippen MR) is 102 cm³/mol. The summed E-state index contributed by atoms with van der Waals surface area (Å²) in [5.74, 6) is 0.411. The standard InChI is InChI=1S/C21H31N3O/c1-2-24-14-4-6-20(24)10-11-21(25)7-3-5-19-15-17(12-13-22-19)16-23-18-8-9-18/h12-13,15-16,18,20H,2-11,14H2,1H3. The molecule has 4 heteroatoms. The van der Waals surface area contributed by atoms with Crippen molar-refractivity contribution in [1.82, 2.24) is 9.88 Å². The molecule has 1 aliphatic heterocycles. The number of aliphatic imine (C=N–C) groups is 1. The van der Waals surface area contributed by atoms with Gasteiger partial charge in [0.2, 0.25) is 0 Å². The number of carbonyl (C=O) groups is 1. The second kappa shape index (κ2) is 9.23. The molecule has 0 spiro atoms. The molecule has 1 aromatic heterocycles. The van der Waals surface area contributed by atoms with E-state index in [1.165, 1.54) is 32.2 Å². The van der Waals surface area contributed by atoms with Crippen molar-refractivity contribution >= 4 is 12.0 Å². The van der Waals surface area contributed by atoms with Crippen LogP contribution in [-0.2, 0) is 11.2 Å². The minimum absolute atomic E-state index is 0.411. The zero-order valence-corrected chi connectivity index (χ0v) is 15.5. The molecule has 1 aliphatic carbocycles. The summed E-state index contributed by atoms with van der Waals surface area (Å²) >= 11 is 0. The number of nitrogens with zero attached hydrogens (tertiary/aromatic N) is 3. The molecule has 0 amide bonds. The summed E-state index contributed by atoms with van der Waals surface area (Å²) in [6.07, 6.45) is 13.1. The van der Waals surface area contributed by atoms with Crippen LogP contribution in [0.4, 0.5) is 0 Å². The monoisotopic (exact) mass is 341 g/mol. The fourth-order valence-electron chi connectivity index (χ4n) is 3.69. The highest BCUT2D eigenvalue weighted by molar-refractivity contribution is 5.80. The lowest BCUT2D eigenvalue weighted by atomic mass is 10.0. The average molecular weight is 341 g/mol. The van der Waals surface area contributed by atoms with Gasteiger partial charge in [-0.05, 0) is 75.7 Å². The van der Waals surface area contributed by atoms with E-state index in [0.29, 0.717) is 24.3 Å². The summed E-state index contributed by atoms with van der Waals surface area (Å²) in [6, 6.07) is 5.30. The first-order valence-corrected chi connectivity index (χ1v) is 9.98. The maximum atomic E-state index is 12.2. The second-order valence-electron chi connectivity index (χ2n) is 7.45. The van der Waals surface area contributed by atoms with Gasteiger partial charge in [-0.15, -0.1) is 0 Å². The number of ketones is 1. The van der Waals surface area contributed by atoms with Crippen molar-refractivity contribution in [2.75, 3.05) is 13.1 Å². The van der Waals surface area contributed by atoms with Crippen molar-refractivity contribution in [2.24, 2.45) is 4.99 Å². The number of hydrogen-bond acceptors (Lipinski definition) is 4. The molecule has 1 saturated heterocycles. The van der Waals surface area contributed by atoms with Crippen molar-refractivity contribution in [1.29, 1.82) is 0 Å². The molecular weight excluding hydrogens is 310 g/mol. The Kier molecular flexibility index (Phi) is 6.74. The molecule has 0 N–H and O–H groups in total. The topological polar surface area (TPSA) is 45.6 Å². The Morgan fingerprint density at radius 2 is 2.24 bits per heavy atom. The van der Waals surface area contributed by atoms with E-state index >= 15 is 0 Å². The minimum atomic E-state index is 0.411. The van der Waals surface area contributed by atoms with Gasteiger partial charge in [-0.3, -0.25) is 14.8 Å². The number of likely N-dealkylation sites (tertiary alicyclic amines) is 1. The van der Waals surface area contributed by atoms with Gasteiger partial charge < -0.3 is 4.90 Å². The molecule has 1 saturated carbocycles. The van der Waals surface area contributed by atoms with Crippen LogP contribution in [0.15, 0.2) is 23.3 Å². The molecule has 2 fully saturated rings. The van der Waals surface area contributed by atoms with Crippen LogP contribution in [0.3, 0.4) is 0 Å². The number of carbonyl (C=O) groups excluding carboxylic acids is 1. The van der Waals surface area contributed by atoms with E-state index in [9.17, 15) is 4.79 Å². The quantitative estimate of drug-likeness (QED) is 0.608. The van der Waals surface area contributed by atoms with E-state index in [2.05, 4.69) is 27.9 Å². The zero-order valence-electron chi connectivity index (χ0n) is 15.5. The van der Waals surface area contributed by atoms with Crippen molar-refractivity contribution < 1.29 is 4.79 Å². The van der Waals surface area contributed by atoms with E-state index in [0.717, 1.165) is 43.5 Å². The molecule has 3 rings (SSSR count). The molecule has 136 valence electrons. The number of rotatable bonds is 10. The first-order valence-electron chi connectivity index (χ1n) is 9.98. The van der Waals surface area contributed by atoms with E-state index < -0.39 is 0 Å². The minimum Gasteiger partial charge on any atom is -0.301 e. The fraction of sp³-hybridized carbons (Fsp3) is 0.667. The molecule has 1 aromatic rings. The Hall–Kier alpha value is -1.55. The Morgan fingerprint density at radius 1 is 1.36 bits per heavy atom. The third kappa shape index (κ3) is 6.03. The summed E-state index contributed by atoms with van der Waals surface area (Å²) in [7, 11) is 0. The number of Topliss-reactive ketones (excluding diaryl/α,β-unsaturated/α-hetero) is 1. The molecule has 25 heavy (non-hydrogen) atoms. The average Bonchev–Trinajstić information content (AvgIpc) is 3.35. The van der Waals surface area contributed by atoms with Crippen LogP contribution in [0.5, 0.6) is 0 Å². The Bertz CT molecular complexity index is 595. The lowest BCUT2D eigenvalue weighted by Crippen LogP contribution is -2.29. The van der Waals surface area contributed by atoms with Crippen LogP contribution in [0.25, 0.3) is 0 Å². The summed E-state index contributed by atoms with van der Waals surface area (Å²) in [6.45, 7) is 4.54. The van der Waals surface area contributed by atoms with Crippen LogP contribution in [0.2, 0.25) is 0 Å². The van der Waals surface area contributed by atoms with Gasteiger partial charge >= 0.3 is 0 Å². The van der Waals surface area contributed by atoms with Crippen molar-refractivity contribution in [3.05, 3.63) is 29.6 Å². The molecule has 2 heterocycles. The zero-order chi connectivity index (χ0) is 17.5. The lowest BCUT2D eigenvalue weighted by molar-refractivity contribution is -0.119. The van der Waals surface area contributed by atoms with Crippen LogP contribution in [0.1, 0.15) is 69.5 Å². The van der Waals surface area contributed by atoms with E-state index in [-0.39, 0.29) is 0 Å². The van der Waals surface area contributed by atoms with Gasteiger partial charge in [-0.1, -0.05) is 6.92 Å². The van der Waals surface area contributed by atoms with E-state index in [4.69, 9.17) is 0 Å². The molecule has 4 nitrogen and oxygen atoms in total. The summed E-state index contributed by atoms with van der Waals surface area (Å²) in [5.41, 5.74) is 2.20. The maximum absolute atomic E-state index is 12.2. The molecule has 0 bridgehead atoms. The number of pyridine rings is 1. The SMILES string of the molecule is CCN1CCCC1CCC(=O)CCCc1cc(C=NC2CC2)ccn1. The number of aryl methyl sites for hydroxylation is 1. The van der Waals surface area contributed by atoms with Gasteiger partial charge in [-0.25, -0.2) is 0 Å². The molecule has 0 aromatic carbocycles. The van der Waals surface area contributed by atoms with Crippen molar-refractivity contribution in [2.45, 2.75) is 76.8 Å². The van der Waals surface area contributed by atoms with Gasteiger partial charge in [0.25, 0.3) is 0 Å². The van der Waals surface area contributed by atoms with Crippen LogP contribution >= 0.6 is 0 Å². The highest BCUT2D eigenvalue weighted by Gasteiger charge is 2.23. The van der Waals surface area contributed by atoms with Crippen LogP contribution < -0.4 is 0 Å². The smallest absolute Gasteiger partial charge is 0.132 e. The first-order chi connectivity index (χ1) is 12.2. The maximum Gasteiger partial charge on any atom is 0.132 e. The van der Waals surface area contributed by atoms with Gasteiger partial charge in [0.15, 0.2) is 0 Å². The Morgan fingerprint density at radius 3 is 3.04 bits per heavy atom. The second-order valence-corrected chi connectivity index (χ2v) is 7.45. The van der Waals surface area contributed by atoms with Crippen LogP contribution in [0, 0.1) is 0 Å². The van der Waals surface area contributed by atoms with Crippen LogP contribution in [-0.4, -0.2) is 47.1 Å². The molecular formula is C21H31N3O. The first kappa shape index (κ1) is 18.2. The van der Waals surface area contributed by atoms with Gasteiger partial charge in [-0.2, -0.15) is 0 Å².